The molecular weight excluding hydrogens is 188 g/mol. The zero-order valence-corrected chi connectivity index (χ0v) is 9.21. The molecule has 3 nitrogen and oxygen atoms in total. The third-order valence-corrected chi connectivity index (χ3v) is 2.53. The molecule has 1 aliphatic heterocycles. The minimum absolute atomic E-state index is 0.0803. The van der Waals surface area contributed by atoms with Crippen LogP contribution in [0.4, 0.5) is 5.82 Å². The molecule has 0 spiro atoms. The molecule has 1 amide bonds. The summed E-state index contributed by atoms with van der Waals surface area (Å²) in [6.45, 7) is 4.33. The lowest BCUT2D eigenvalue weighted by Crippen LogP contribution is -2.20. The van der Waals surface area contributed by atoms with E-state index < -0.39 is 0 Å². The first-order chi connectivity index (χ1) is 7.15. The minimum atomic E-state index is 0.0803. The van der Waals surface area contributed by atoms with Crippen molar-refractivity contribution >= 4 is 11.7 Å². The zero-order valence-electron chi connectivity index (χ0n) is 9.21. The molecule has 1 aromatic rings. The van der Waals surface area contributed by atoms with E-state index in [1.54, 1.807) is 0 Å². The Bertz CT molecular complexity index is 385. The topological polar surface area (TPSA) is 42.0 Å². The molecule has 0 saturated heterocycles. The lowest BCUT2D eigenvalue weighted by molar-refractivity contribution is -0.116. The van der Waals surface area contributed by atoms with Gasteiger partial charge >= 0.3 is 0 Å². The van der Waals surface area contributed by atoms with Gasteiger partial charge in [-0.3, -0.25) is 4.79 Å². The number of nitrogens with one attached hydrogen (secondary N) is 1. The van der Waals surface area contributed by atoms with Gasteiger partial charge in [-0.05, 0) is 30.4 Å². The fourth-order valence-corrected chi connectivity index (χ4v) is 1.81. The van der Waals surface area contributed by atoms with Gasteiger partial charge in [0.05, 0.1) is 0 Å². The van der Waals surface area contributed by atoms with E-state index in [4.69, 9.17) is 0 Å². The molecule has 3 heteroatoms. The quantitative estimate of drug-likeness (QED) is 0.802. The van der Waals surface area contributed by atoms with Crippen molar-refractivity contribution in [3.05, 3.63) is 23.4 Å². The van der Waals surface area contributed by atoms with Gasteiger partial charge in [0.15, 0.2) is 0 Å². The third kappa shape index (κ3) is 2.35. The van der Waals surface area contributed by atoms with Crippen LogP contribution >= 0.6 is 0 Å². The van der Waals surface area contributed by atoms with Gasteiger partial charge in [0.1, 0.15) is 5.82 Å². The first kappa shape index (κ1) is 10.1. The standard InChI is InChI=1S/C12H16N2O/c1-8(2)7-10-5-3-9-4-6-11(15)14-12(9)13-10/h3,5,8H,4,6-7H2,1-2H3,(H,13,14,15). The van der Waals surface area contributed by atoms with Crippen LogP contribution in [0, 0.1) is 5.92 Å². The summed E-state index contributed by atoms with van der Waals surface area (Å²) in [5, 5.41) is 2.82. The van der Waals surface area contributed by atoms with Crippen molar-refractivity contribution in [1.29, 1.82) is 0 Å². The van der Waals surface area contributed by atoms with Crippen molar-refractivity contribution in [3.63, 3.8) is 0 Å². The van der Waals surface area contributed by atoms with Gasteiger partial charge in [0.2, 0.25) is 5.91 Å². The summed E-state index contributed by atoms with van der Waals surface area (Å²) in [5.74, 6) is 1.44. The highest BCUT2D eigenvalue weighted by Crippen LogP contribution is 2.21. The van der Waals surface area contributed by atoms with Crippen LogP contribution < -0.4 is 5.32 Å². The lowest BCUT2D eigenvalue weighted by Gasteiger charge is -2.16. The fraction of sp³-hybridized carbons (Fsp3) is 0.500. The van der Waals surface area contributed by atoms with Crippen molar-refractivity contribution in [1.82, 2.24) is 4.98 Å². The minimum Gasteiger partial charge on any atom is -0.310 e. The summed E-state index contributed by atoms with van der Waals surface area (Å²) in [6, 6.07) is 4.15. The van der Waals surface area contributed by atoms with Crippen molar-refractivity contribution in [2.24, 2.45) is 5.92 Å². The van der Waals surface area contributed by atoms with Crippen molar-refractivity contribution in [3.8, 4) is 0 Å². The number of carbonyl (C=O) groups is 1. The van der Waals surface area contributed by atoms with Crippen molar-refractivity contribution < 1.29 is 4.79 Å². The number of nitrogens with zero attached hydrogens (tertiary/aromatic N) is 1. The number of hydrogen-bond acceptors (Lipinski definition) is 2. The molecule has 0 atom stereocenters. The fourth-order valence-electron chi connectivity index (χ4n) is 1.81. The van der Waals surface area contributed by atoms with E-state index in [0.717, 1.165) is 29.9 Å². The van der Waals surface area contributed by atoms with Gasteiger partial charge in [-0.1, -0.05) is 19.9 Å². The summed E-state index contributed by atoms with van der Waals surface area (Å²) in [6.07, 6.45) is 2.36. The largest absolute Gasteiger partial charge is 0.310 e. The molecule has 0 saturated carbocycles. The number of aromatic nitrogens is 1. The Morgan fingerprint density at radius 1 is 1.40 bits per heavy atom. The van der Waals surface area contributed by atoms with Crippen LogP contribution in [0.1, 0.15) is 31.5 Å². The Balaban J connectivity index is 2.24. The first-order valence-electron chi connectivity index (χ1n) is 5.44. The Morgan fingerprint density at radius 2 is 2.20 bits per heavy atom. The van der Waals surface area contributed by atoms with Crippen molar-refractivity contribution in [2.45, 2.75) is 33.1 Å². The van der Waals surface area contributed by atoms with E-state index in [1.165, 1.54) is 0 Å². The zero-order chi connectivity index (χ0) is 10.8. The highest BCUT2D eigenvalue weighted by atomic mass is 16.1. The molecule has 2 rings (SSSR count). The predicted octanol–water partition coefficient (Wildman–Crippen LogP) is 2.16. The van der Waals surface area contributed by atoms with E-state index in [0.29, 0.717) is 12.3 Å². The van der Waals surface area contributed by atoms with Crippen LogP contribution in [0.15, 0.2) is 12.1 Å². The maximum Gasteiger partial charge on any atom is 0.225 e. The van der Waals surface area contributed by atoms with Gasteiger partial charge in [-0.15, -0.1) is 0 Å². The number of amides is 1. The Labute approximate surface area is 89.9 Å². The molecular formula is C12H16N2O. The van der Waals surface area contributed by atoms with Gasteiger partial charge in [-0.2, -0.15) is 0 Å². The maximum absolute atomic E-state index is 11.2. The molecule has 0 unspecified atom stereocenters. The number of anilines is 1. The highest BCUT2D eigenvalue weighted by molar-refractivity contribution is 5.92. The maximum atomic E-state index is 11.2. The van der Waals surface area contributed by atoms with Gasteiger partial charge in [0.25, 0.3) is 0 Å². The number of fused-ring (bicyclic) bond motifs is 1. The number of carbonyl (C=O) groups excluding carboxylic acids is 1. The second-order valence-corrected chi connectivity index (χ2v) is 4.46. The van der Waals surface area contributed by atoms with E-state index in [9.17, 15) is 4.79 Å². The molecule has 0 aliphatic carbocycles. The molecule has 0 radical (unpaired) electrons. The molecule has 0 aromatic carbocycles. The molecule has 0 bridgehead atoms. The number of rotatable bonds is 2. The summed E-state index contributed by atoms with van der Waals surface area (Å²) >= 11 is 0. The Hall–Kier alpha value is -1.38. The Morgan fingerprint density at radius 3 is 2.93 bits per heavy atom. The summed E-state index contributed by atoms with van der Waals surface area (Å²) in [7, 11) is 0. The van der Waals surface area contributed by atoms with Gasteiger partial charge in [-0.25, -0.2) is 4.98 Å². The van der Waals surface area contributed by atoms with Crippen molar-refractivity contribution in [2.75, 3.05) is 5.32 Å². The van der Waals surface area contributed by atoms with Crippen LogP contribution in [-0.2, 0) is 17.6 Å². The predicted molar refractivity (Wildman–Crippen MR) is 59.7 cm³/mol. The summed E-state index contributed by atoms with van der Waals surface area (Å²) in [5.41, 5.74) is 2.22. The van der Waals surface area contributed by atoms with E-state index in [1.807, 2.05) is 0 Å². The van der Waals surface area contributed by atoms with Crippen LogP contribution in [0.3, 0.4) is 0 Å². The molecule has 1 aromatic heterocycles. The van der Waals surface area contributed by atoms with Crippen LogP contribution in [-0.4, -0.2) is 10.9 Å². The average Bonchev–Trinajstić information content (AvgIpc) is 2.16. The summed E-state index contributed by atoms with van der Waals surface area (Å²) < 4.78 is 0. The number of hydrogen-bond donors (Lipinski definition) is 1. The van der Waals surface area contributed by atoms with E-state index >= 15 is 0 Å². The normalized spacial score (nSPS) is 15.0. The molecule has 15 heavy (non-hydrogen) atoms. The van der Waals surface area contributed by atoms with Crippen LogP contribution in [0.25, 0.3) is 0 Å². The first-order valence-corrected chi connectivity index (χ1v) is 5.44. The smallest absolute Gasteiger partial charge is 0.225 e. The SMILES string of the molecule is CC(C)Cc1ccc2c(n1)NC(=O)CC2. The highest BCUT2D eigenvalue weighted by Gasteiger charge is 2.16. The lowest BCUT2D eigenvalue weighted by atomic mass is 10.0. The molecule has 0 fully saturated rings. The van der Waals surface area contributed by atoms with Crippen LogP contribution in [0.5, 0.6) is 0 Å². The molecule has 2 heterocycles. The number of aryl methyl sites for hydroxylation is 1. The number of pyridine rings is 1. The molecule has 1 N–H and O–H groups in total. The van der Waals surface area contributed by atoms with Gasteiger partial charge < -0.3 is 5.32 Å². The second kappa shape index (κ2) is 4.01. The molecule has 1 aliphatic rings. The summed E-state index contributed by atoms with van der Waals surface area (Å²) in [4.78, 5) is 15.7. The molecule has 80 valence electrons. The van der Waals surface area contributed by atoms with Crippen LogP contribution in [0.2, 0.25) is 0 Å². The second-order valence-electron chi connectivity index (χ2n) is 4.46. The Kier molecular flexibility index (Phi) is 2.71. The third-order valence-electron chi connectivity index (χ3n) is 2.53. The van der Waals surface area contributed by atoms with E-state index in [2.05, 4.69) is 36.3 Å². The average molecular weight is 204 g/mol. The monoisotopic (exact) mass is 204 g/mol. The van der Waals surface area contributed by atoms with E-state index in [-0.39, 0.29) is 5.91 Å². The van der Waals surface area contributed by atoms with Gasteiger partial charge in [0, 0.05) is 12.1 Å².